The molecule has 0 saturated carbocycles. The Balaban J connectivity index is 0.000000286. The Labute approximate surface area is 304 Å². The summed E-state index contributed by atoms with van der Waals surface area (Å²) >= 11 is 1.52. The van der Waals surface area contributed by atoms with Crippen LogP contribution in [0.5, 0.6) is 0 Å². The van der Waals surface area contributed by atoms with E-state index in [0.717, 1.165) is 42.6 Å². The van der Waals surface area contributed by atoms with E-state index < -0.39 is 34.0 Å². The van der Waals surface area contributed by atoms with Crippen molar-refractivity contribution >= 4 is 44.8 Å². The summed E-state index contributed by atoms with van der Waals surface area (Å²) in [5.41, 5.74) is 1.58. The summed E-state index contributed by atoms with van der Waals surface area (Å²) in [4.78, 5) is 8.90. The van der Waals surface area contributed by atoms with Gasteiger partial charge in [-0.1, -0.05) is 106 Å². The number of nitrogens with zero attached hydrogens (tertiary/aromatic N) is 2. The maximum absolute atomic E-state index is 8.04. The normalized spacial score (nSPS) is 15.2. The molecule has 0 aliphatic carbocycles. The topological polar surface area (TPSA) is 25.8 Å². The minimum Gasteiger partial charge on any atom is -0.305 e. The monoisotopic (exact) mass is 820 g/mol. The van der Waals surface area contributed by atoms with E-state index in [1.165, 1.54) is 34.9 Å². The Morgan fingerprint density at radius 1 is 0.717 bits per heavy atom. The van der Waals surface area contributed by atoms with E-state index in [1.807, 2.05) is 72.9 Å². The summed E-state index contributed by atoms with van der Waals surface area (Å²) in [6.45, 7) is -3.04. The fourth-order valence-corrected chi connectivity index (χ4v) is 7.37. The van der Waals surface area contributed by atoms with Crippen molar-refractivity contribution in [2.45, 2.75) is 45.6 Å². The van der Waals surface area contributed by atoms with E-state index in [4.69, 9.17) is 12.3 Å². The van der Waals surface area contributed by atoms with Crippen molar-refractivity contribution in [1.29, 1.82) is 0 Å². The smallest absolute Gasteiger partial charge is 0.0795 e. The Kier molecular flexibility index (Phi) is 7.14. The summed E-state index contributed by atoms with van der Waals surface area (Å²) in [6.07, 6.45) is 3.28. The SMILES string of the molecule is C[Si](C)(C)c1ccc(-c2[c-]cccc2)nc1.[2H]C([2H])([2H])C(c1ccnc(-c2[c-]ccc3c2sc2cc(-c4ccccc4)ccc23)c1)(C([2H])([2H])[2H])C([2H])([2H])[2H].[Ir]. The van der Waals surface area contributed by atoms with Crippen LogP contribution in [0, 0.1) is 12.1 Å². The number of benzene rings is 4. The summed E-state index contributed by atoms with van der Waals surface area (Å²) in [7, 11) is -1.23. The number of rotatable bonds is 4. The van der Waals surface area contributed by atoms with Crippen molar-refractivity contribution in [3.8, 4) is 33.6 Å². The average molecular weight is 820 g/mol. The van der Waals surface area contributed by atoms with Gasteiger partial charge in [0.25, 0.3) is 0 Å². The molecule has 0 spiro atoms. The van der Waals surface area contributed by atoms with Gasteiger partial charge in [-0.3, -0.25) is 0 Å². The quantitative estimate of drug-likeness (QED) is 0.131. The molecule has 0 bridgehead atoms. The van der Waals surface area contributed by atoms with Crippen molar-refractivity contribution in [1.82, 2.24) is 9.97 Å². The number of aromatic nitrogens is 2. The van der Waals surface area contributed by atoms with Crippen LogP contribution in [0.2, 0.25) is 19.6 Å². The molecular formula is C41H38IrN2SSi-2. The van der Waals surface area contributed by atoms with E-state index in [0.29, 0.717) is 5.56 Å². The van der Waals surface area contributed by atoms with E-state index >= 15 is 0 Å². The molecule has 0 aliphatic heterocycles. The van der Waals surface area contributed by atoms with Gasteiger partial charge in [0.2, 0.25) is 0 Å². The maximum atomic E-state index is 8.04. The van der Waals surface area contributed by atoms with Crippen LogP contribution >= 0.6 is 11.3 Å². The van der Waals surface area contributed by atoms with E-state index in [-0.39, 0.29) is 31.4 Å². The van der Waals surface area contributed by atoms with Crippen LogP contribution in [0.1, 0.15) is 38.5 Å². The summed E-state index contributed by atoms with van der Waals surface area (Å²) in [5, 5.41) is 3.37. The first-order valence-electron chi connectivity index (χ1n) is 19.2. The first-order valence-corrected chi connectivity index (χ1v) is 19.0. The number of pyridine rings is 2. The molecule has 7 aromatic rings. The Morgan fingerprint density at radius 3 is 2.22 bits per heavy atom. The van der Waals surface area contributed by atoms with Crippen molar-refractivity contribution in [3.63, 3.8) is 0 Å². The molecule has 0 N–H and O–H groups in total. The van der Waals surface area contributed by atoms with Gasteiger partial charge in [-0.05, 0) is 60.9 Å². The van der Waals surface area contributed by atoms with Crippen molar-refractivity contribution in [2.75, 3.05) is 0 Å². The van der Waals surface area contributed by atoms with Crippen molar-refractivity contribution < 1.29 is 32.4 Å². The van der Waals surface area contributed by atoms with E-state index in [2.05, 4.69) is 66.0 Å². The van der Waals surface area contributed by atoms with Crippen LogP contribution < -0.4 is 5.19 Å². The van der Waals surface area contributed by atoms with Gasteiger partial charge in [0, 0.05) is 49.5 Å². The van der Waals surface area contributed by atoms with Gasteiger partial charge < -0.3 is 9.97 Å². The van der Waals surface area contributed by atoms with Crippen LogP contribution in [0.25, 0.3) is 53.8 Å². The fourth-order valence-electron chi connectivity index (χ4n) is 5.09. The zero-order valence-corrected chi connectivity index (χ0v) is 29.9. The molecule has 2 nitrogen and oxygen atoms in total. The maximum Gasteiger partial charge on any atom is 0.0795 e. The molecule has 0 fully saturated rings. The molecule has 5 heteroatoms. The van der Waals surface area contributed by atoms with Gasteiger partial charge in [-0.25, -0.2) is 0 Å². The molecular weight excluding hydrogens is 773 g/mol. The van der Waals surface area contributed by atoms with Crippen LogP contribution in [0.15, 0.2) is 122 Å². The third kappa shape index (κ3) is 7.45. The Bertz CT molecular complexity index is 2350. The number of hydrogen-bond donors (Lipinski definition) is 0. The largest absolute Gasteiger partial charge is 0.305 e. The van der Waals surface area contributed by atoms with Crippen LogP contribution in [-0.4, -0.2) is 18.0 Å². The van der Waals surface area contributed by atoms with Crippen LogP contribution in [0.3, 0.4) is 0 Å². The van der Waals surface area contributed by atoms with Gasteiger partial charge in [0.1, 0.15) is 0 Å². The predicted octanol–water partition coefficient (Wildman–Crippen LogP) is 11.0. The molecule has 7 rings (SSSR count). The van der Waals surface area contributed by atoms with Crippen molar-refractivity contribution in [3.05, 3.63) is 139 Å². The van der Waals surface area contributed by atoms with Gasteiger partial charge in [0.05, 0.1) is 8.07 Å². The molecule has 1 radical (unpaired) electrons. The van der Waals surface area contributed by atoms with Gasteiger partial charge >= 0.3 is 0 Å². The molecule has 4 aromatic carbocycles. The summed E-state index contributed by atoms with van der Waals surface area (Å²) < 4.78 is 74.3. The minimum atomic E-state index is -3.34. The zero-order chi connectivity index (χ0) is 39.1. The number of thiophene rings is 1. The molecule has 3 heterocycles. The summed E-state index contributed by atoms with van der Waals surface area (Å²) in [5.74, 6) is 0. The van der Waals surface area contributed by atoms with Gasteiger partial charge in [-0.2, -0.15) is 11.3 Å². The second-order valence-corrected chi connectivity index (χ2v) is 18.0. The van der Waals surface area contributed by atoms with Gasteiger partial charge in [0.15, 0.2) is 0 Å². The molecule has 46 heavy (non-hydrogen) atoms. The first-order chi connectivity index (χ1) is 25.3. The number of hydrogen-bond acceptors (Lipinski definition) is 3. The van der Waals surface area contributed by atoms with E-state index in [1.54, 1.807) is 6.07 Å². The third-order valence-corrected chi connectivity index (χ3v) is 10.8. The average Bonchev–Trinajstić information content (AvgIpc) is 3.49. The second kappa shape index (κ2) is 13.9. The molecule has 3 aromatic heterocycles. The molecule has 0 amide bonds. The molecule has 0 atom stereocenters. The standard InChI is InChI=1S/C27H22NS.C14H16NSi.Ir/c1-27(2,3)20-14-15-28-24(17-20)23-11-7-10-22-21-13-12-19(16-25(21)29-26(22)23)18-8-5-4-6-9-18;1-16(2,3)13-9-10-14(15-11-13)12-7-5-4-6-8-12;/h4-10,12-17H,1-3H3;4-7,9-11H,1-3H3;/q2*-1;/i1D3,2D3,3D3;;. The predicted molar refractivity (Wildman–Crippen MR) is 197 cm³/mol. The van der Waals surface area contributed by atoms with Crippen molar-refractivity contribution in [2.24, 2.45) is 0 Å². The third-order valence-electron chi connectivity index (χ3n) is 7.60. The minimum absolute atomic E-state index is 0. The summed E-state index contributed by atoms with van der Waals surface area (Å²) in [6, 6.07) is 40.9. The Morgan fingerprint density at radius 2 is 1.52 bits per heavy atom. The zero-order valence-electron chi connectivity index (χ0n) is 34.7. The Hall–Kier alpha value is -3.73. The molecule has 0 aliphatic rings. The van der Waals surface area contributed by atoms with Crippen LogP contribution in [0.4, 0.5) is 0 Å². The first kappa shape index (κ1) is 23.6. The molecule has 0 saturated heterocycles. The molecule has 0 unspecified atom stereocenters. The van der Waals surface area contributed by atoms with Crippen LogP contribution in [-0.2, 0) is 25.5 Å². The van der Waals surface area contributed by atoms with Gasteiger partial charge in [-0.15, -0.1) is 59.7 Å². The molecule has 233 valence electrons. The second-order valence-electron chi connectivity index (χ2n) is 11.9. The fraction of sp³-hybridized carbons (Fsp3) is 0.171. The van der Waals surface area contributed by atoms with E-state index in [9.17, 15) is 0 Å². The number of fused-ring (bicyclic) bond motifs is 3.